The second-order valence-electron chi connectivity index (χ2n) is 8.14. The van der Waals surface area contributed by atoms with Crippen LogP contribution < -0.4 is 9.62 Å². The Morgan fingerprint density at radius 3 is 2.14 bits per heavy atom. The number of anilines is 1. The van der Waals surface area contributed by atoms with Crippen LogP contribution in [0.15, 0.2) is 48.5 Å². The molecule has 0 radical (unpaired) electrons. The first-order chi connectivity index (χ1) is 16.5. The van der Waals surface area contributed by atoms with Crippen LogP contribution in [0.4, 0.5) is 10.1 Å². The van der Waals surface area contributed by atoms with Crippen LogP contribution in [0.3, 0.4) is 0 Å². The van der Waals surface area contributed by atoms with Crippen molar-refractivity contribution in [2.24, 2.45) is 0 Å². The molecule has 0 aromatic heterocycles. The van der Waals surface area contributed by atoms with Crippen molar-refractivity contribution in [1.82, 2.24) is 14.5 Å². The van der Waals surface area contributed by atoms with Gasteiger partial charge in [0.25, 0.3) is 0 Å². The van der Waals surface area contributed by atoms with Crippen molar-refractivity contribution in [2.45, 2.75) is 39.3 Å². The lowest BCUT2D eigenvalue weighted by Gasteiger charge is -2.34. The molecule has 0 spiro atoms. The summed E-state index contributed by atoms with van der Waals surface area (Å²) in [5.74, 6) is -1.43. The van der Waals surface area contributed by atoms with Crippen molar-refractivity contribution in [3.05, 3.63) is 64.9 Å². The Bertz CT molecular complexity index is 1100. The third kappa shape index (κ3) is 7.65. The predicted molar refractivity (Wildman–Crippen MR) is 136 cm³/mol. The van der Waals surface area contributed by atoms with Gasteiger partial charge < -0.3 is 10.2 Å². The van der Waals surface area contributed by atoms with E-state index < -0.39 is 34.5 Å². The van der Waals surface area contributed by atoms with Crippen LogP contribution in [0.25, 0.3) is 0 Å². The van der Waals surface area contributed by atoms with Gasteiger partial charge in [-0.3, -0.25) is 9.59 Å². The zero-order valence-electron chi connectivity index (χ0n) is 20.4. The maximum absolute atomic E-state index is 13.6. The van der Waals surface area contributed by atoms with Crippen LogP contribution in [0.5, 0.6) is 0 Å². The van der Waals surface area contributed by atoms with Crippen LogP contribution in [0.2, 0.25) is 5.02 Å². The van der Waals surface area contributed by atoms with Crippen LogP contribution in [-0.2, 0) is 26.3 Å². The summed E-state index contributed by atoms with van der Waals surface area (Å²) in [5.41, 5.74) is 0.858. The molecule has 0 unspecified atom stereocenters. The van der Waals surface area contributed by atoms with Gasteiger partial charge in [-0.05, 0) is 54.8 Å². The number of nitrogens with one attached hydrogen (secondary N) is 1. The molecular formula is C24H32ClFN4O4S. The highest BCUT2D eigenvalue weighted by Crippen LogP contribution is 2.22. The number of halogens is 2. The lowest BCUT2D eigenvalue weighted by Crippen LogP contribution is -2.53. The van der Waals surface area contributed by atoms with Crippen molar-refractivity contribution in [3.63, 3.8) is 0 Å². The van der Waals surface area contributed by atoms with E-state index in [9.17, 15) is 22.4 Å². The van der Waals surface area contributed by atoms with E-state index in [0.717, 1.165) is 32.7 Å². The van der Waals surface area contributed by atoms with Gasteiger partial charge in [-0.1, -0.05) is 37.6 Å². The van der Waals surface area contributed by atoms with Crippen LogP contribution >= 0.6 is 11.6 Å². The molecule has 11 heteroatoms. The topological polar surface area (TPSA) is 90.0 Å². The van der Waals surface area contributed by atoms with Crippen molar-refractivity contribution < 1.29 is 22.4 Å². The summed E-state index contributed by atoms with van der Waals surface area (Å²) in [6.45, 7) is 3.66. The Morgan fingerprint density at radius 2 is 1.63 bits per heavy atom. The van der Waals surface area contributed by atoms with Gasteiger partial charge in [0.1, 0.15) is 18.4 Å². The second kappa shape index (κ2) is 12.9. The minimum atomic E-state index is -4.10. The molecule has 192 valence electrons. The van der Waals surface area contributed by atoms with Crippen molar-refractivity contribution in [3.8, 4) is 0 Å². The molecule has 2 amide bonds. The summed E-state index contributed by atoms with van der Waals surface area (Å²) in [7, 11) is -1.42. The summed E-state index contributed by atoms with van der Waals surface area (Å²) in [6.07, 6.45) is 1.05. The molecule has 0 heterocycles. The Balaban J connectivity index is 2.46. The quantitative estimate of drug-likeness (QED) is 0.459. The molecule has 0 aliphatic rings. The molecular weight excluding hydrogens is 495 g/mol. The van der Waals surface area contributed by atoms with Crippen molar-refractivity contribution in [2.75, 3.05) is 31.5 Å². The van der Waals surface area contributed by atoms with E-state index in [1.807, 2.05) is 6.92 Å². The van der Waals surface area contributed by atoms with Gasteiger partial charge in [0.2, 0.25) is 11.8 Å². The maximum atomic E-state index is 13.6. The first-order valence-corrected chi connectivity index (χ1v) is 13.1. The lowest BCUT2D eigenvalue weighted by atomic mass is 10.1. The van der Waals surface area contributed by atoms with Crippen molar-refractivity contribution >= 4 is 39.3 Å². The molecule has 0 saturated carbocycles. The van der Waals surface area contributed by atoms with Crippen LogP contribution in [-0.4, -0.2) is 62.7 Å². The summed E-state index contributed by atoms with van der Waals surface area (Å²) in [6, 6.07) is 10.9. The molecule has 0 bridgehead atoms. The first kappa shape index (κ1) is 28.5. The highest BCUT2D eigenvalue weighted by atomic mass is 35.5. The van der Waals surface area contributed by atoms with E-state index in [-0.39, 0.29) is 18.1 Å². The maximum Gasteiger partial charge on any atom is 0.304 e. The van der Waals surface area contributed by atoms with E-state index in [2.05, 4.69) is 5.32 Å². The smallest absolute Gasteiger partial charge is 0.304 e. The molecule has 35 heavy (non-hydrogen) atoms. The summed E-state index contributed by atoms with van der Waals surface area (Å²) in [4.78, 5) is 27.9. The highest BCUT2D eigenvalue weighted by molar-refractivity contribution is 7.90. The average molecular weight is 527 g/mol. The Morgan fingerprint density at radius 1 is 1.03 bits per heavy atom. The van der Waals surface area contributed by atoms with E-state index in [1.54, 1.807) is 31.2 Å². The lowest BCUT2D eigenvalue weighted by molar-refractivity contribution is -0.140. The van der Waals surface area contributed by atoms with E-state index in [1.165, 1.54) is 31.1 Å². The third-order valence-electron chi connectivity index (χ3n) is 5.33. The molecule has 0 aliphatic heterocycles. The summed E-state index contributed by atoms with van der Waals surface area (Å²) >= 11 is 5.99. The standard InChI is InChI=1S/C24H32ClFN4O4S/c1-5-15-27-24(32)22(6-2)29(16-18-7-9-19(25)10-8-18)23(31)17-30(35(33,34)28(3)4)21-13-11-20(26)12-14-21/h7-14,22H,5-6,15-17H2,1-4H3,(H,27,32)/t22-/m1/s1. The van der Waals surface area contributed by atoms with E-state index in [0.29, 0.717) is 18.0 Å². The molecule has 2 aromatic carbocycles. The van der Waals surface area contributed by atoms with Crippen LogP contribution in [0.1, 0.15) is 32.3 Å². The summed E-state index contributed by atoms with van der Waals surface area (Å²) < 4.78 is 41.5. The first-order valence-electron chi connectivity index (χ1n) is 11.3. The number of amides is 2. The molecule has 8 nitrogen and oxygen atoms in total. The third-order valence-corrected chi connectivity index (χ3v) is 7.41. The minimum absolute atomic E-state index is 0.0767. The van der Waals surface area contributed by atoms with Gasteiger partial charge in [-0.25, -0.2) is 8.70 Å². The van der Waals surface area contributed by atoms with Gasteiger partial charge in [-0.15, -0.1) is 0 Å². The minimum Gasteiger partial charge on any atom is -0.354 e. The molecule has 1 N–H and O–H groups in total. The fourth-order valence-electron chi connectivity index (χ4n) is 3.40. The Labute approximate surface area is 211 Å². The van der Waals surface area contributed by atoms with E-state index >= 15 is 0 Å². The molecule has 0 aliphatic carbocycles. The number of hydrogen-bond acceptors (Lipinski definition) is 4. The van der Waals surface area contributed by atoms with Gasteiger partial charge in [0, 0.05) is 32.2 Å². The molecule has 1 atom stereocenters. The predicted octanol–water partition coefficient (Wildman–Crippen LogP) is 3.43. The van der Waals surface area contributed by atoms with Crippen LogP contribution in [0, 0.1) is 5.82 Å². The fraction of sp³-hybridized carbons (Fsp3) is 0.417. The number of rotatable bonds is 12. The Kier molecular flexibility index (Phi) is 10.5. The zero-order chi connectivity index (χ0) is 26.2. The van der Waals surface area contributed by atoms with Gasteiger partial charge in [-0.2, -0.15) is 12.7 Å². The number of carbonyl (C=O) groups excluding carboxylic acids is 2. The Hall–Kier alpha value is -2.69. The molecule has 0 fully saturated rings. The largest absolute Gasteiger partial charge is 0.354 e. The SMILES string of the molecule is CCCNC(=O)[C@@H](CC)N(Cc1ccc(Cl)cc1)C(=O)CN(c1ccc(F)cc1)S(=O)(=O)N(C)C. The second-order valence-corrected chi connectivity index (χ2v) is 10.6. The monoisotopic (exact) mass is 526 g/mol. The molecule has 2 rings (SSSR count). The zero-order valence-corrected chi connectivity index (χ0v) is 21.9. The van der Waals surface area contributed by atoms with Gasteiger partial charge in [0.05, 0.1) is 5.69 Å². The highest BCUT2D eigenvalue weighted by Gasteiger charge is 2.33. The number of nitrogens with zero attached hydrogens (tertiary/aromatic N) is 3. The summed E-state index contributed by atoms with van der Waals surface area (Å²) in [5, 5.41) is 3.34. The molecule has 0 saturated heterocycles. The van der Waals surface area contributed by atoms with Crippen molar-refractivity contribution in [1.29, 1.82) is 0 Å². The van der Waals surface area contributed by atoms with Gasteiger partial charge in [0.15, 0.2) is 0 Å². The van der Waals surface area contributed by atoms with E-state index in [4.69, 9.17) is 11.6 Å². The number of carbonyl (C=O) groups is 2. The number of benzene rings is 2. The van der Waals surface area contributed by atoms with Gasteiger partial charge >= 0.3 is 10.2 Å². The number of hydrogen-bond donors (Lipinski definition) is 1. The normalized spacial score (nSPS) is 12.3. The molecule has 2 aromatic rings. The average Bonchev–Trinajstić information content (AvgIpc) is 2.82. The fourth-order valence-corrected chi connectivity index (χ4v) is 4.58.